The lowest BCUT2D eigenvalue weighted by atomic mass is 10.1. The third kappa shape index (κ3) is 2.79. The number of aromatic carboxylic acids is 1. The molecule has 1 aromatic rings. The van der Waals surface area contributed by atoms with E-state index < -0.39 is 5.97 Å². The summed E-state index contributed by atoms with van der Waals surface area (Å²) in [6.07, 6.45) is 5.28. The van der Waals surface area contributed by atoms with E-state index in [2.05, 4.69) is 16.8 Å². The third-order valence-corrected chi connectivity index (χ3v) is 3.12. The molecule has 5 heteroatoms. The number of hydrogen-bond acceptors (Lipinski definition) is 4. The molecule has 0 unspecified atom stereocenters. The number of nitrogens with zero attached hydrogens (tertiary/aromatic N) is 2. The van der Waals surface area contributed by atoms with Gasteiger partial charge < -0.3 is 14.7 Å². The Morgan fingerprint density at radius 2 is 2.33 bits per heavy atom. The quantitative estimate of drug-likeness (QED) is 0.834. The van der Waals surface area contributed by atoms with Gasteiger partial charge in [0.25, 0.3) is 0 Å². The highest BCUT2D eigenvalue weighted by Gasteiger charge is 2.26. The summed E-state index contributed by atoms with van der Waals surface area (Å²) in [6, 6.07) is 2.03. The number of ether oxygens (including phenoxy) is 1. The van der Waals surface area contributed by atoms with Crippen LogP contribution < -0.4 is 4.90 Å². The molecule has 0 bridgehead atoms. The maximum Gasteiger partial charge on any atom is 0.337 e. The Morgan fingerprint density at radius 1 is 1.56 bits per heavy atom. The van der Waals surface area contributed by atoms with Crippen LogP contribution in [0.4, 0.5) is 5.69 Å². The van der Waals surface area contributed by atoms with Gasteiger partial charge in [-0.2, -0.15) is 0 Å². The second kappa shape index (κ2) is 5.82. The first-order valence-corrected chi connectivity index (χ1v) is 6.25. The van der Waals surface area contributed by atoms with Crippen LogP contribution in [0.5, 0.6) is 0 Å². The molecule has 5 nitrogen and oxygen atoms in total. The van der Waals surface area contributed by atoms with E-state index in [1.165, 1.54) is 6.20 Å². The second-order valence-corrected chi connectivity index (χ2v) is 4.48. The lowest BCUT2D eigenvalue weighted by Crippen LogP contribution is -2.49. The molecule has 0 saturated carbocycles. The van der Waals surface area contributed by atoms with E-state index in [0.29, 0.717) is 19.3 Å². The van der Waals surface area contributed by atoms with Gasteiger partial charge in [0, 0.05) is 12.7 Å². The van der Waals surface area contributed by atoms with Gasteiger partial charge in [-0.15, -0.1) is 0 Å². The summed E-state index contributed by atoms with van der Waals surface area (Å²) in [5.41, 5.74) is 1.10. The van der Waals surface area contributed by atoms with Crippen LogP contribution >= 0.6 is 0 Å². The van der Waals surface area contributed by atoms with E-state index >= 15 is 0 Å². The lowest BCUT2D eigenvalue weighted by molar-refractivity contribution is 0.00796. The summed E-state index contributed by atoms with van der Waals surface area (Å²) < 4.78 is 5.22. The van der Waals surface area contributed by atoms with Crippen LogP contribution in [-0.4, -0.2) is 41.9 Å². The van der Waals surface area contributed by atoms with Crippen LogP contribution in [0.25, 0.3) is 0 Å². The summed E-state index contributed by atoms with van der Waals surface area (Å²) in [4.78, 5) is 17.2. The highest BCUT2D eigenvalue weighted by Crippen LogP contribution is 2.22. The summed E-state index contributed by atoms with van der Waals surface area (Å²) in [6.45, 7) is 4.47. The van der Waals surface area contributed by atoms with Gasteiger partial charge in [-0.3, -0.25) is 4.98 Å². The predicted octanol–water partition coefficient (Wildman–Crippen LogP) is 1.79. The zero-order chi connectivity index (χ0) is 13.0. The average molecular weight is 250 g/mol. The van der Waals surface area contributed by atoms with E-state index in [0.717, 1.165) is 25.1 Å². The molecule has 1 aromatic heterocycles. The largest absolute Gasteiger partial charge is 0.478 e. The highest BCUT2D eigenvalue weighted by molar-refractivity contribution is 5.88. The first-order chi connectivity index (χ1) is 8.72. The Bertz CT molecular complexity index is 418. The molecule has 0 aliphatic carbocycles. The molecule has 0 amide bonds. The van der Waals surface area contributed by atoms with Crippen LogP contribution in [0.1, 0.15) is 30.1 Å². The molecule has 1 saturated heterocycles. The molecule has 1 N–H and O–H groups in total. The van der Waals surface area contributed by atoms with Crippen molar-refractivity contribution in [2.75, 3.05) is 24.7 Å². The second-order valence-electron chi connectivity index (χ2n) is 4.48. The van der Waals surface area contributed by atoms with Gasteiger partial charge in [0.1, 0.15) is 0 Å². The Morgan fingerprint density at radius 3 is 2.89 bits per heavy atom. The molecule has 1 aliphatic heterocycles. The van der Waals surface area contributed by atoms with E-state index in [9.17, 15) is 4.79 Å². The van der Waals surface area contributed by atoms with Gasteiger partial charge in [-0.25, -0.2) is 4.79 Å². The van der Waals surface area contributed by atoms with Crippen molar-refractivity contribution in [3.05, 3.63) is 24.0 Å². The average Bonchev–Trinajstić information content (AvgIpc) is 2.32. The molecule has 2 rings (SSSR count). The zero-order valence-corrected chi connectivity index (χ0v) is 10.5. The molecular formula is C13H18N2O3. The predicted molar refractivity (Wildman–Crippen MR) is 68.1 cm³/mol. The Labute approximate surface area is 106 Å². The van der Waals surface area contributed by atoms with Crippen molar-refractivity contribution >= 4 is 11.7 Å². The SMILES string of the molecule is CCCCN(c1cncc(C(=O)O)c1)C1COC1. The van der Waals surface area contributed by atoms with Crippen molar-refractivity contribution in [3.63, 3.8) is 0 Å². The number of hydrogen-bond donors (Lipinski definition) is 1. The number of aromatic nitrogens is 1. The van der Waals surface area contributed by atoms with Crippen molar-refractivity contribution in [1.29, 1.82) is 0 Å². The lowest BCUT2D eigenvalue weighted by Gasteiger charge is -2.38. The maximum atomic E-state index is 11.0. The number of carboxylic acid groups (broad SMARTS) is 1. The first-order valence-electron chi connectivity index (χ1n) is 6.25. The van der Waals surface area contributed by atoms with Crippen molar-refractivity contribution < 1.29 is 14.6 Å². The van der Waals surface area contributed by atoms with Gasteiger partial charge in [0.15, 0.2) is 0 Å². The Balaban J connectivity index is 2.17. The fourth-order valence-electron chi connectivity index (χ4n) is 1.96. The van der Waals surface area contributed by atoms with E-state index in [4.69, 9.17) is 9.84 Å². The number of carbonyl (C=O) groups is 1. The minimum absolute atomic E-state index is 0.231. The molecule has 98 valence electrons. The van der Waals surface area contributed by atoms with E-state index in [-0.39, 0.29) is 5.56 Å². The van der Waals surface area contributed by atoms with Gasteiger partial charge in [0.05, 0.1) is 36.7 Å². The Kier molecular flexibility index (Phi) is 4.15. The van der Waals surface area contributed by atoms with Crippen molar-refractivity contribution in [2.45, 2.75) is 25.8 Å². The van der Waals surface area contributed by atoms with Crippen LogP contribution in [0, 0.1) is 0 Å². The monoisotopic (exact) mass is 250 g/mol. The van der Waals surface area contributed by atoms with E-state index in [1.807, 2.05) is 0 Å². The fraction of sp³-hybridized carbons (Fsp3) is 0.538. The molecule has 1 aliphatic rings. The van der Waals surface area contributed by atoms with Crippen LogP contribution in [0.3, 0.4) is 0 Å². The fourth-order valence-corrected chi connectivity index (χ4v) is 1.96. The molecule has 2 heterocycles. The third-order valence-electron chi connectivity index (χ3n) is 3.12. The Hall–Kier alpha value is -1.62. The van der Waals surface area contributed by atoms with Crippen LogP contribution in [-0.2, 0) is 4.74 Å². The summed E-state index contributed by atoms with van der Waals surface area (Å²) in [5.74, 6) is -0.940. The maximum absolute atomic E-state index is 11.0. The minimum Gasteiger partial charge on any atom is -0.478 e. The van der Waals surface area contributed by atoms with Crippen molar-refractivity contribution in [1.82, 2.24) is 4.98 Å². The van der Waals surface area contributed by atoms with Crippen molar-refractivity contribution in [3.8, 4) is 0 Å². The molecular weight excluding hydrogens is 232 g/mol. The van der Waals surface area contributed by atoms with Crippen LogP contribution in [0.2, 0.25) is 0 Å². The summed E-state index contributed by atoms with van der Waals surface area (Å²) in [5, 5.41) is 8.99. The molecule has 0 spiro atoms. The normalized spacial score (nSPS) is 15.2. The van der Waals surface area contributed by atoms with Crippen molar-refractivity contribution in [2.24, 2.45) is 0 Å². The first kappa shape index (κ1) is 12.8. The number of pyridine rings is 1. The van der Waals surface area contributed by atoms with Gasteiger partial charge in [0.2, 0.25) is 0 Å². The minimum atomic E-state index is -0.940. The smallest absolute Gasteiger partial charge is 0.337 e. The molecule has 0 aromatic carbocycles. The number of unbranched alkanes of at least 4 members (excludes halogenated alkanes) is 1. The molecule has 0 atom stereocenters. The number of carboxylic acids is 1. The van der Waals surface area contributed by atoms with Gasteiger partial charge in [-0.05, 0) is 12.5 Å². The summed E-state index contributed by atoms with van der Waals surface area (Å²) >= 11 is 0. The zero-order valence-electron chi connectivity index (χ0n) is 10.5. The molecule has 18 heavy (non-hydrogen) atoms. The number of rotatable bonds is 6. The highest BCUT2D eigenvalue weighted by atomic mass is 16.5. The standard InChI is InChI=1S/C13H18N2O3/c1-2-3-4-15(12-8-18-9-12)11-5-10(13(16)17)6-14-7-11/h5-7,12H,2-4,8-9H2,1H3,(H,16,17). The number of anilines is 1. The summed E-state index contributed by atoms with van der Waals surface area (Å²) in [7, 11) is 0. The van der Waals surface area contributed by atoms with E-state index in [1.54, 1.807) is 12.3 Å². The topological polar surface area (TPSA) is 62.7 Å². The van der Waals surface area contributed by atoms with Gasteiger partial charge in [-0.1, -0.05) is 13.3 Å². The van der Waals surface area contributed by atoms with Crippen LogP contribution in [0.15, 0.2) is 18.5 Å². The molecule has 0 radical (unpaired) electrons. The molecule has 1 fully saturated rings. The van der Waals surface area contributed by atoms with Gasteiger partial charge >= 0.3 is 5.97 Å².